The van der Waals surface area contributed by atoms with Crippen molar-refractivity contribution in [2.75, 3.05) is 27.1 Å². The molecule has 2 rings (SSSR count). The highest BCUT2D eigenvalue weighted by Gasteiger charge is 2.15. The van der Waals surface area contributed by atoms with Gasteiger partial charge in [-0.2, -0.15) is 0 Å². The summed E-state index contributed by atoms with van der Waals surface area (Å²) in [4.78, 5) is 12.3. The standard InChI is InChI=1S/C21H27NO4S/c1-5-18(16-8-11-19(25-3)20(12-16)26-4)22-21(23)14-27-13-15-6-9-17(24-2)10-7-15/h6-12,18H,5,13-14H2,1-4H3,(H,22,23). The first-order valence-corrected chi connectivity index (χ1v) is 9.98. The number of nitrogens with one attached hydrogen (secondary N) is 1. The van der Waals surface area contributed by atoms with E-state index in [1.54, 1.807) is 33.1 Å². The summed E-state index contributed by atoms with van der Waals surface area (Å²) in [7, 11) is 4.87. The molecule has 146 valence electrons. The summed E-state index contributed by atoms with van der Waals surface area (Å²) in [6, 6.07) is 13.6. The first-order valence-electron chi connectivity index (χ1n) is 8.83. The molecule has 0 aromatic heterocycles. The average molecular weight is 390 g/mol. The van der Waals surface area contributed by atoms with E-state index in [0.29, 0.717) is 17.3 Å². The number of methoxy groups -OCH3 is 3. The van der Waals surface area contributed by atoms with E-state index in [4.69, 9.17) is 14.2 Å². The van der Waals surface area contributed by atoms with Crippen molar-refractivity contribution in [2.24, 2.45) is 0 Å². The average Bonchev–Trinajstić information content (AvgIpc) is 2.72. The van der Waals surface area contributed by atoms with E-state index in [9.17, 15) is 4.79 Å². The fourth-order valence-corrected chi connectivity index (χ4v) is 3.51. The topological polar surface area (TPSA) is 56.8 Å². The monoisotopic (exact) mass is 389 g/mol. The van der Waals surface area contributed by atoms with Gasteiger partial charge in [-0.1, -0.05) is 25.1 Å². The van der Waals surface area contributed by atoms with Crippen molar-refractivity contribution in [3.63, 3.8) is 0 Å². The Morgan fingerprint density at radius 1 is 1.00 bits per heavy atom. The molecule has 0 aliphatic carbocycles. The molecule has 0 bridgehead atoms. The molecule has 2 aromatic carbocycles. The number of carbonyl (C=O) groups is 1. The van der Waals surface area contributed by atoms with Gasteiger partial charge in [-0.05, 0) is 41.8 Å². The van der Waals surface area contributed by atoms with Crippen molar-refractivity contribution in [1.29, 1.82) is 0 Å². The van der Waals surface area contributed by atoms with E-state index in [0.717, 1.165) is 23.5 Å². The zero-order chi connectivity index (χ0) is 19.6. The number of rotatable bonds is 10. The Morgan fingerprint density at radius 2 is 1.70 bits per heavy atom. The smallest absolute Gasteiger partial charge is 0.230 e. The van der Waals surface area contributed by atoms with Crippen LogP contribution in [0.25, 0.3) is 0 Å². The Hall–Kier alpha value is -2.34. The quantitative estimate of drug-likeness (QED) is 0.660. The van der Waals surface area contributed by atoms with Crippen LogP contribution in [0.1, 0.15) is 30.5 Å². The van der Waals surface area contributed by atoms with E-state index in [-0.39, 0.29) is 11.9 Å². The molecule has 1 unspecified atom stereocenters. The minimum Gasteiger partial charge on any atom is -0.497 e. The van der Waals surface area contributed by atoms with Gasteiger partial charge in [0.2, 0.25) is 5.91 Å². The Labute approximate surface area is 165 Å². The molecule has 0 fully saturated rings. The van der Waals surface area contributed by atoms with Gasteiger partial charge in [0.15, 0.2) is 11.5 Å². The van der Waals surface area contributed by atoms with E-state index in [2.05, 4.69) is 5.32 Å². The third-order valence-corrected chi connectivity index (χ3v) is 5.22. The summed E-state index contributed by atoms with van der Waals surface area (Å²) < 4.78 is 15.8. The Bertz CT molecular complexity index is 733. The van der Waals surface area contributed by atoms with Crippen LogP contribution in [0.3, 0.4) is 0 Å². The Kier molecular flexibility index (Phi) is 8.33. The van der Waals surface area contributed by atoms with Crippen LogP contribution in [0.15, 0.2) is 42.5 Å². The maximum atomic E-state index is 12.3. The molecular formula is C21H27NO4S. The molecule has 1 amide bonds. The summed E-state index contributed by atoms with van der Waals surface area (Å²) in [5.74, 6) is 3.40. The van der Waals surface area contributed by atoms with Crippen LogP contribution in [0.5, 0.6) is 17.2 Å². The van der Waals surface area contributed by atoms with Crippen LogP contribution in [-0.2, 0) is 10.5 Å². The summed E-state index contributed by atoms with van der Waals surface area (Å²) in [6.07, 6.45) is 0.796. The van der Waals surface area contributed by atoms with Crippen LogP contribution in [0.2, 0.25) is 0 Å². The molecule has 0 radical (unpaired) electrons. The third kappa shape index (κ3) is 6.10. The minimum atomic E-state index is -0.0566. The molecule has 1 N–H and O–H groups in total. The van der Waals surface area contributed by atoms with Gasteiger partial charge in [0, 0.05) is 5.75 Å². The molecule has 0 spiro atoms. The summed E-state index contributed by atoms with van der Waals surface area (Å²) in [5, 5.41) is 3.10. The van der Waals surface area contributed by atoms with Crippen LogP contribution < -0.4 is 19.5 Å². The molecule has 6 heteroatoms. The zero-order valence-corrected chi connectivity index (χ0v) is 17.1. The summed E-state index contributed by atoms with van der Waals surface area (Å²) >= 11 is 1.59. The third-order valence-electron chi connectivity index (χ3n) is 4.21. The molecule has 0 aliphatic heterocycles. The van der Waals surface area contributed by atoms with Gasteiger partial charge < -0.3 is 19.5 Å². The second kappa shape index (κ2) is 10.7. The molecule has 2 aromatic rings. The maximum absolute atomic E-state index is 12.3. The largest absolute Gasteiger partial charge is 0.497 e. The van der Waals surface area contributed by atoms with Crippen LogP contribution in [-0.4, -0.2) is 33.0 Å². The van der Waals surface area contributed by atoms with Gasteiger partial charge >= 0.3 is 0 Å². The van der Waals surface area contributed by atoms with E-state index in [1.165, 1.54) is 5.56 Å². The lowest BCUT2D eigenvalue weighted by molar-refractivity contribution is -0.119. The van der Waals surface area contributed by atoms with Gasteiger partial charge in [-0.25, -0.2) is 0 Å². The van der Waals surface area contributed by atoms with Gasteiger partial charge in [-0.15, -0.1) is 11.8 Å². The van der Waals surface area contributed by atoms with Crippen molar-refractivity contribution >= 4 is 17.7 Å². The van der Waals surface area contributed by atoms with Gasteiger partial charge in [0.25, 0.3) is 0 Å². The fourth-order valence-electron chi connectivity index (χ4n) is 2.71. The van der Waals surface area contributed by atoms with Gasteiger partial charge in [-0.3, -0.25) is 4.79 Å². The first-order chi connectivity index (χ1) is 13.1. The zero-order valence-electron chi connectivity index (χ0n) is 16.3. The number of thioether (sulfide) groups is 1. The number of amides is 1. The highest BCUT2D eigenvalue weighted by atomic mass is 32.2. The Balaban J connectivity index is 1.88. The summed E-state index contributed by atoms with van der Waals surface area (Å²) in [5.41, 5.74) is 2.17. The normalized spacial score (nSPS) is 11.6. The van der Waals surface area contributed by atoms with E-state index >= 15 is 0 Å². The molecule has 1 atom stereocenters. The van der Waals surface area contributed by atoms with Crippen molar-refractivity contribution in [3.8, 4) is 17.2 Å². The number of carbonyl (C=O) groups excluding carboxylic acids is 1. The van der Waals surface area contributed by atoms with Gasteiger partial charge in [0.1, 0.15) is 5.75 Å². The van der Waals surface area contributed by atoms with Crippen molar-refractivity contribution in [2.45, 2.75) is 25.1 Å². The number of hydrogen-bond donors (Lipinski definition) is 1. The van der Waals surface area contributed by atoms with Gasteiger partial charge in [0.05, 0.1) is 33.1 Å². The van der Waals surface area contributed by atoms with E-state index < -0.39 is 0 Å². The first kappa shape index (κ1) is 21.0. The van der Waals surface area contributed by atoms with Crippen molar-refractivity contribution in [1.82, 2.24) is 5.32 Å². The molecule has 0 saturated carbocycles. The van der Waals surface area contributed by atoms with Crippen LogP contribution >= 0.6 is 11.8 Å². The number of hydrogen-bond acceptors (Lipinski definition) is 5. The SMILES string of the molecule is CCC(NC(=O)CSCc1ccc(OC)cc1)c1ccc(OC)c(OC)c1. The summed E-state index contributed by atoms with van der Waals surface area (Å²) in [6.45, 7) is 2.05. The molecule has 0 aliphatic rings. The van der Waals surface area contributed by atoms with E-state index in [1.807, 2.05) is 49.4 Å². The highest BCUT2D eigenvalue weighted by Crippen LogP contribution is 2.31. The predicted octanol–water partition coefficient (Wildman–Crippen LogP) is 4.21. The van der Waals surface area contributed by atoms with Crippen molar-refractivity contribution in [3.05, 3.63) is 53.6 Å². The highest BCUT2D eigenvalue weighted by molar-refractivity contribution is 7.99. The number of ether oxygens (including phenoxy) is 3. The second-order valence-electron chi connectivity index (χ2n) is 5.98. The molecular weight excluding hydrogens is 362 g/mol. The second-order valence-corrected chi connectivity index (χ2v) is 6.97. The van der Waals surface area contributed by atoms with Crippen molar-refractivity contribution < 1.29 is 19.0 Å². The molecule has 0 heterocycles. The molecule has 27 heavy (non-hydrogen) atoms. The molecule has 0 saturated heterocycles. The molecule has 5 nitrogen and oxygen atoms in total. The lowest BCUT2D eigenvalue weighted by Crippen LogP contribution is -2.29. The minimum absolute atomic E-state index is 0.0233. The number of benzene rings is 2. The van der Waals surface area contributed by atoms with Crippen LogP contribution in [0.4, 0.5) is 0 Å². The lowest BCUT2D eigenvalue weighted by atomic mass is 10.0. The fraction of sp³-hybridized carbons (Fsp3) is 0.381. The predicted molar refractivity (Wildman–Crippen MR) is 110 cm³/mol. The van der Waals surface area contributed by atoms with Crippen LogP contribution in [0, 0.1) is 0 Å². The lowest BCUT2D eigenvalue weighted by Gasteiger charge is -2.19. The Morgan fingerprint density at radius 3 is 2.30 bits per heavy atom. The maximum Gasteiger partial charge on any atom is 0.230 e.